The highest BCUT2D eigenvalue weighted by atomic mass is 15.5. The molecule has 0 saturated heterocycles. The molecule has 0 amide bonds. The predicted molar refractivity (Wildman–Crippen MR) is 46.1 cm³/mol. The van der Waals surface area contributed by atoms with Crippen LogP contribution in [0.2, 0.25) is 0 Å². The number of hydrogen-bond donors (Lipinski definition) is 1. The maximum absolute atomic E-state index is 3.51. The van der Waals surface area contributed by atoms with E-state index < -0.39 is 0 Å². The van der Waals surface area contributed by atoms with Gasteiger partial charge in [0.15, 0.2) is 0 Å². The van der Waals surface area contributed by atoms with Gasteiger partial charge in [-0.1, -0.05) is 6.42 Å². The van der Waals surface area contributed by atoms with Crippen molar-refractivity contribution in [2.24, 2.45) is 11.8 Å². The Bertz CT molecular complexity index is 144. The van der Waals surface area contributed by atoms with Crippen molar-refractivity contribution >= 4 is 0 Å². The van der Waals surface area contributed by atoms with Gasteiger partial charge < -0.3 is 0 Å². The zero-order valence-electron chi connectivity index (χ0n) is 7.51. The fourth-order valence-corrected chi connectivity index (χ4v) is 2.73. The van der Waals surface area contributed by atoms with E-state index in [0.29, 0.717) is 0 Å². The average Bonchev–Trinajstić information content (AvgIpc) is 2.45. The van der Waals surface area contributed by atoms with E-state index >= 15 is 0 Å². The summed E-state index contributed by atoms with van der Waals surface area (Å²) in [6.07, 6.45) is 5.88. The molecule has 2 aliphatic carbocycles. The van der Waals surface area contributed by atoms with Gasteiger partial charge in [0.05, 0.1) is 0 Å². The van der Waals surface area contributed by atoms with Crippen molar-refractivity contribution in [2.45, 2.75) is 31.7 Å². The first-order valence-electron chi connectivity index (χ1n) is 4.69. The molecule has 0 heterocycles. The molecule has 3 unspecified atom stereocenters. The van der Waals surface area contributed by atoms with Crippen molar-refractivity contribution in [3.63, 3.8) is 0 Å². The van der Waals surface area contributed by atoms with Crippen LogP contribution in [0.1, 0.15) is 25.7 Å². The number of nitrogens with zero attached hydrogens (tertiary/aromatic N) is 1. The van der Waals surface area contributed by atoms with E-state index in [1.165, 1.54) is 25.7 Å². The van der Waals surface area contributed by atoms with Gasteiger partial charge in [0.1, 0.15) is 0 Å². The summed E-state index contributed by atoms with van der Waals surface area (Å²) < 4.78 is 0. The molecule has 64 valence electrons. The minimum atomic E-state index is 0.795. The fourth-order valence-electron chi connectivity index (χ4n) is 2.73. The number of nitrogens with one attached hydrogen (secondary N) is 1. The maximum atomic E-state index is 3.51. The van der Waals surface area contributed by atoms with Crippen LogP contribution in [0.15, 0.2) is 0 Å². The molecule has 0 aromatic heterocycles. The van der Waals surface area contributed by atoms with Gasteiger partial charge >= 0.3 is 0 Å². The van der Waals surface area contributed by atoms with Crippen molar-refractivity contribution in [2.75, 3.05) is 14.1 Å². The van der Waals surface area contributed by atoms with E-state index in [1.807, 2.05) is 0 Å². The van der Waals surface area contributed by atoms with Crippen LogP contribution < -0.4 is 5.43 Å². The smallest absolute Gasteiger partial charge is 0.0246 e. The summed E-state index contributed by atoms with van der Waals surface area (Å²) in [4.78, 5) is 0. The van der Waals surface area contributed by atoms with E-state index in [-0.39, 0.29) is 0 Å². The average molecular weight is 154 g/mol. The molecular weight excluding hydrogens is 136 g/mol. The van der Waals surface area contributed by atoms with Gasteiger partial charge in [-0.15, -0.1) is 0 Å². The van der Waals surface area contributed by atoms with Gasteiger partial charge in [0.25, 0.3) is 0 Å². The zero-order chi connectivity index (χ0) is 7.84. The summed E-state index contributed by atoms with van der Waals surface area (Å²) in [6, 6.07) is 0.795. The molecule has 0 aliphatic heterocycles. The first-order valence-corrected chi connectivity index (χ1v) is 4.69. The van der Waals surface area contributed by atoms with Crippen molar-refractivity contribution in [1.82, 2.24) is 10.4 Å². The molecule has 0 spiro atoms. The second-order valence-electron chi connectivity index (χ2n) is 4.30. The van der Waals surface area contributed by atoms with Crippen LogP contribution in [0.25, 0.3) is 0 Å². The minimum absolute atomic E-state index is 0.795. The first kappa shape index (κ1) is 7.56. The molecule has 2 heteroatoms. The second-order valence-corrected chi connectivity index (χ2v) is 4.30. The molecule has 1 N–H and O–H groups in total. The third-order valence-corrected chi connectivity index (χ3v) is 3.16. The van der Waals surface area contributed by atoms with E-state index in [0.717, 1.165) is 17.9 Å². The lowest BCUT2D eigenvalue weighted by Crippen LogP contribution is -2.42. The Morgan fingerprint density at radius 2 is 2.00 bits per heavy atom. The first-order chi connectivity index (χ1) is 5.25. The summed E-state index contributed by atoms with van der Waals surface area (Å²) in [6.45, 7) is 0. The lowest BCUT2D eigenvalue weighted by molar-refractivity contribution is 0.196. The molecule has 2 rings (SSSR count). The molecular formula is C9H18N2. The molecule has 3 atom stereocenters. The highest BCUT2D eigenvalue weighted by molar-refractivity contribution is 4.93. The highest BCUT2D eigenvalue weighted by Crippen LogP contribution is 2.44. The molecule has 0 aromatic carbocycles. The third kappa shape index (κ3) is 1.42. The molecule has 2 bridgehead atoms. The molecule has 2 aliphatic rings. The summed E-state index contributed by atoms with van der Waals surface area (Å²) in [7, 11) is 4.18. The van der Waals surface area contributed by atoms with Crippen molar-refractivity contribution < 1.29 is 0 Å². The number of hydrogen-bond acceptors (Lipinski definition) is 2. The van der Waals surface area contributed by atoms with Crippen LogP contribution >= 0.6 is 0 Å². The number of rotatable bonds is 2. The normalized spacial score (nSPS) is 42.3. The SMILES string of the molecule is CN(C)NC1CC2CCC1C2. The van der Waals surface area contributed by atoms with Crippen LogP contribution in [0, 0.1) is 11.8 Å². The fraction of sp³-hybridized carbons (Fsp3) is 1.00. The van der Waals surface area contributed by atoms with Gasteiger partial charge in [0.2, 0.25) is 0 Å². The predicted octanol–water partition coefficient (Wildman–Crippen LogP) is 1.24. The van der Waals surface area contributed by atoms with E-state index in [2.05, 4.69) is 24.5 Å². The van der Waals surface area contributed by atoms with E-state index in [4.69, 9.17) is 0 Å². The molecule has 2 nitrogen and oxygen atoms in total. The van der Waals surface area contributed by atoms with Crippen LogP contribution in [-0.4, -0.2) is 25.1 Å². The maximum Gasteiger partial charge on any atom is 0.0246 e. The summed E-state index contributed by atoms with van der Waals surface area (Å²) >= 11 is 0. The summed E-state index contributed by atoms with van der Waals surface area (Å²) in [5.41, 5.74) is 3.51. The Morgan fingerprint density at radius 3 is 2.45 bits per heavy atom. The van der Waals surface area contributed by atoms with Crippen LogP contribution in [-0.2, 0) is 0 Å². The Morgan fingerprint density at radius 1 is 1.18 bits per heavy atom. The quantitative estimate of drug-likeness (QED) is 0.602. The minimum Gasteiger partial charge on any atom is -0.252 e. The third-order valence-electron chi connectivity index (χ3n) is 3.16. The topological polar surface area (TPSA) is 15.3 Å². The Kier molecular flexibility index (Phi) is 1.90. The molecule has 2 fully saturated rings. The summed E-state index contributed by atoms with van der Waals surface area (Å²) in [5, 5.41) is 2.10. The Balaban J connectivity index is 1.87. The van der Waals surface area contributed by atoms with Gasteiger partial charge in [-0.25, -0.2) is 0 Å². The van der Waals surface area contributed by atoms with Gasteiger partial charge in [0, 0.05) is 20.1 Å². The highest BCUT2D eigenvalue weighted by Gasteiger charge is 2.39. The molecule has 11 heavy (non-hydrogen) atoms. The lowest BCUT2D eigenvalue weighted by Gasteiger charge is -2.26. The van der Waals surface area contributed by atoms with E-state index in [9.17, 15) is 0 Å². The van der Waals surface area contributed by atoms with Crippen LogP contribution in [0.4, 0.5) is 0 Å². The lowest BCUT2D eigenvalue weighted by atomic mass is 9.96. The number of fused-ring (bicyclic) bond motifs is 2. The zero-order valence-corrected chi connectivity index (χ0v) is 7.51. The molecule has 0 aromatic rings. The molecule has 0 radical (unpaired) electrons. The van der Waals surface area contributed by atoms with Crippen LogP contribution in [0.3, 0.4) is 0 Å². The van der Waals surface area contributed by atoms with Crippen molar-refractivity contribution in [3.8, 4) is 0 Å². The van der Waals surface area contributed by atoms with Gasteiger partial charge in [-0.3, -0.25) is 10.4 Å². The van der Waals surface area contributed by atoms with E-state index in [1.54, 1.807) is 0 Å². The largest absolute Gasteiger partial charge is 0.252 e. The van der Waals surface area contributed by atoms with Gasteiger partial charge in [-0.2, -0.15) is 0 Å². The standard InChI is InChI=1S/C9H18N2/c1-11(2)10-9-6-7-3-4-8(9)5-7/h7-10H,3-6H2,1-2H3. The Labute approximate surface area is 68.9 Å². The number of hydrazine groups is 1. The molecule has 2 saturated carbocycles. The van der Waals surface area contributed by atoms with Crippen molar-refractivity contribution in [1.29, 1.82) is 0 Å². The van der Waals surface area contributed by atoms with Gasteiger partial charge in [-0.05, 0) is 31.1 Å². The Hall–Kier alpha value is -0.0800. The van der Waals surface area contributed by atoms with Crippen LogP contribution in [0.5, 0.6) is 0 Å². The second kappa shape index (κ2) is 2.76. The van der Waals surface area contributed by atoms with Crippen molar-refractivity contribution in [3.05, 3.63) is 0 Å². The summed E-state index contributed by atoms with van der Waals surface area (Å²) in [5.74, 6) is 2.04. The monoisotopic (exact) mass is 154 g/mol.